The van der Waals surface area contributed by atoms with Gasteiger partial charge in [0, 0.05) is 22.5 Å². The van der Waals surface area contributed by atoms with Gasteiger partial charge in [0.25, 0.3) is 15.9 Å². The van der Waals surface area contributed by atoms with E-state index in [-0.39, 0.29) is 10.8 Å². The molecule has 0 fully saturated rings. The molecular weight excluding hydrogens is 384 g/mol. The SMILES string of the molecule is C#Cc1cccc(NC(=O)c2ccc(S(=O)(=O)Nc3ccc(C)c(C)c3)cc2)c1. The fraction of sp³-hybridized carbons (Fsp3) is 0.0870. The summed E-state index contributed by atoms with van der Waals surface area (Å²) in [5, 5.41) is 2.74. The number of rotatable bonds is 5. The van der Waals surface area contributed by atoms with Gasteiger partial charge in [-0.05, 0) is 79.6 Å². The number of hydrogen-bond acceptors (Lipinski definition) is 3. The first-order chi connectivity index (χ1) is 13.8. The van der Waals surface area contributed by atoms with Crippen LogP contribution in [-0.2, 0) is 10.0 Å². The Morgan fingerprint density at radius 2 is 1.62 bits per heavy atom. The second-order valence-electron chi connectivity index (χ2n) is 6.61. The molecule has 0 aliphatic carbocycles. The summed E-state index contributed by atoms with van der Waals surface area (Å²) >= 11 is 0. The van der Waals surface area contributed by atoms with Crippen molar-refractivity contribution in [3.8, 4) is 12.3 Å². The average Bonchev–Trinajstić information content (AvgIpc) is 2.71. The molecule has 0 aromatic heterocycles. The Kier molecular flexibility index (Phi) is 5.71. The second-order valence-corrected chi connectivity index (χ2v) is 8.29. The van der Waals surface area contributed by atoms with Gasteiger partial charge in [0.2, 0.25) is 0 Å². The Hall–Kier alpha value is -3.56. The van der Waals surface area contributed by atoms with E-state index >= 15 is 0 Å². The molecule has 0 bridgehead atoms. The van der Waals surface area contributed by atoms with Crippen molar-refractivity contribution in [3.05, 3.63) is 89.0 Å². The lowest BCUT2D eigenvalue weighted by atomic mass is 10.1. The molecule has 0 saturated carbocycles. The molecule has 0 unspecified atom stereocenters. The molecule has 0 saturated heterocycles. The molecule has 6 heteroatoms. The first-order valence-corrected chi connectivity index (χ1v) is 10.3. The van der Waals surface area contributed by atoms with Crippen LogP contribution in [-0.4, -0.2) is 14.3 Å². The summed E-state index contributed by atoms with van der Waals surface area (Å²) in [6.45, 7) is 3.87. The van der Waals surface area contributed by atoms with E-state index in [1.54, 1.807) is 36.4 Å². The van der Waals surface area contributed by atoms with Gasteiger partial charge in [-0.2, -0.15) is 0 Å². The number of sulfonamides is 1. The van der Waals surface area contributed by atoms with Gasteiger partial charge in [-0.25, -0.2) is 8.42 Å². The summed E-state index contributed by atoms with van der Waals surface area (Å²) in [6.07, 6.45) is 5.36. The van der Waals surface area contributed by atoms with E-state index in [1.165, 1.54) is 24.3 Å². The molecule has 0 atom stereocenters. The molecule has 29 heavy (non-hydrogen) atoms. The number of anilines is 2. The van der Waals surface area contributed by atoms with Crippen molar-refractivity contribution in [1.29, 1.82) is 0 Å². The van der Waals surface area contributed by atoms with Crippen LogP contribution < -0.4 is 10.0 Å². The normalized spacial score (nSPS) is 10.8. The van der Waals surface area contributed by atoms with Crippen LogP contribution in [0.1, 0.15) is 27.0 Å². The standard InChI is InChI=1S/C23H20N2O3S/c1-4-18-6-5-7-20(15-18)24-23(26)19-9-12-22(13-10-19)29(27,28)25-21-11-8-16(2)17(3)14-21/h1,5-15,25H,2-3H3,(H,24,26). The van der Waals surface area contributed by atoms with E-state index in [0.717, 1.165) is 11.1 Å². The fourth-order valence-corrected chi connectivity index (χ4v) is 3.74. The first kappa shape index (κ1) is 20.2. The molecule has 0 radical (unpaired) electrons. The third kappa shape index (κ3) is 4.84. The first-order valence-electron chi connectivity index (χ1n) is 8.87. The van der Waals surface area contributed by atoms with Gasteiger partial charge < -0.3 is 5.32 Å². The monoisotopic (exact) mass is 404 g/mol. The van der Waals surface area contributed by atoms with Gasteiger partial charge in [0.05, 0.1) is 4.90 Å². The number of hydrogen-bond donors (Lipinski definition) is 2. The molecule has 3 aromatic carbocycles. The van der Waals surface area contributed by atoms with Crippen molar-refractivity contribution in [2.24, 2.45) is 0 Å². The van der Waals surface area contributed by atoms with Crippen LogP contribution in [0.4, 0.5) is 11.4 Å². The predicted molar refractivity (Wildman–Crippen MR) is 115 cm³/mol. The minimum absolute atomic E-state index is 0.0709. The lowest BCUT2D eigenvalue weighted by molar-refractivity contribution is 0.102. The van der Waals surface area contributed by atoms with Gasteiger partial charge >= 0.3 is 0 Å². The Morgan fingerprint density at radius 3 is 2.28 bits per heavy atom. The molecule has 3 rings (SSSR count). The van der Waals surface area contributed by atoms with Crippen molar-refractivity contribution in [1.82, 2.24) is 0 Å². The summed E-state index contributed by atoms with van der Waals surface area (Å²) in [5.41, 5.74) is 4.12. The molecule has 5 nitrogen and oxygen atoms in total. The zero-order valence-electron chi connectivity index (χ0n) is 16.1. The molecule has 2 N–H and O–H groups in total. The third-order valence-corrected chi connectivity index (χ3v) is 5.87. The van der Waals surface area contributed by atoms with Crippen LogP contribution in [0.5, 0.6) is 0 Å². The number of terminal acetylenes is 1. The highest BCUT2D eigenvalue weighted by Crippen LogP contribution is 2.20. The predicted octanol–water partition coefficient (Wildman–Crippen LogP) is 4.34. The van der Waals surface area contributed by atoms with Gasteiger partial charge in [0.1, 0.15) is 0 Å². The fourth-order valence-electron chi connectivity index (χ4n) is 2.69. The summed E-state index contributed by atoms with van der Waals surface area (Å²) in [4.78, 5) is 12.5. The van der Waals surface area contributed by atoms with Crippen molar-refractivity contribution in [3.63, 3.8) is 0 Å². The molecule has 0 heterocycles. The summed E-state index contributed by atoms with van der Waals surface area (Å²) in [6, 6.07) is 18.0. The summed E-state index contributed by atoms with van der Waals surface area (Å²) in [7, 11) is -3.76. The molecule has 146 valence electrons. The van der Waals surface area contributed by atoms with Gasteiger partial charge in [-0.3, -0.25) is 9.52 Å². The smallest absolute Gasteiger partial charge is 0.261 e. The number of carbonyl (C=O) groups is 1. The van der Waals surface area contributed by atoms with Gasteiger partial charge in [-0.15, -0.1) is 6.42 Å². The molecule has 0 aliphatic rings. The van der Waals surface area contributed by atoms with E-state index in [2.05, 4.69) is 16.0 Å². The quantitative estimate of drug-likeness (QED) is 0.621. The highest BCUT2D eigenvalue weighted by Gasteiger charge is 2.16. The molecular formula is C23H20N2O3S. The van der Waals surface area contributed by atoms with E-state index in [1.807, 2.05) is 19.9 Å². The van der Waals surface area contributed by atoms with Crippen molar-refractivity contribution >= 4 is 27.3 Å². The van der Waals surface area contributed by atoms with Crippen LogP contribution in [0.2, 0.25) is 0 Å². The van der Waals surface area contributed by atoms with Crippen LogP contribution >= 0.6 is 0 Å². The largest absolute Gasteiger partial charge is 0.322 e. The van der Waals surface area contributed by atoms with E-state index in [0.29, 0.717) is 22.5 Å². The topological polar surface area (TPSA) is 75.3 Å². The average molecular weight is 404 g/mol. The number of amides is 1. The van der Waals surface area contributed by atoms with E-state index in [4.69, 9.17) is 6.42 Å². The third-order valence-electron chi connectivity index (χ3n) is 4.47. The zero-order chi connectivity index (χ0) is 21.0. The maximum absolute atomic E-state index is 12.6. The minimum atomic E-state index is -3.76. The highest BCUT2D eigenvalue weighted by atomic mass is 32.2. The number of benzene rings is 3. The van der Waals surface area contributed by atoms with E-state index in [9.17, 15) is 13.2 Å². The number of carbonyl (C=O) groups excluding carboxylic acids is 1. The summed E-state index contributed by atoms with van der Waals surface area (Å²) < 4.78 is 27.8. The Labute approximate surface area is 170 Å². The number of nitrogens with one attached hydrogen (secondary N) is 2. The number of aryl methyl sites for hydroxylation is 2. The lowest BCUT2D eigenvalue weighted by Crippen LogP contribution is -2.15. The van der Waals surface area contributed by atoms with Crippen LogP contribution in [0.25, 0.3) is 0 Å². The Bertz CT molecular complexity index is 1210. The second kappa shape index (κ2) is 8.21. The molecule has 3 aromatic rings. The van der Waals surface area contributed by atoms with Crippen LogP contribution in [0, 0.1) is 26.2 Å². The molecule has 0 aliphatic heterocycles. The van der Waals surface area contributed by atoms with Crippen LogP contribution in [0.15, 0.2) is 71.6 Å². The lowest BCUT2D eigenvalue weighted by Gasteiger charge is -2.11. The Balaban J connectivity index is 1.75. The van der Waals surface area contributed by atoms with E-state index < -0.39 is 10.0 Å². The maximum atomic E-state index is 12.6. The highest BCUT2D eigenvalue weighted by molar-refractivity contribution is 7.92. The van der Waals surface area contributed by atoms with Crippen molar-refractivity contribution in [2.75, 3.05) is 10.0 Å². The summed E-state index contributed by atoms with van der Waals surface area (Å²) in [5.74, 6) is 2.15. The van der Waals surface area contributed by atoms with Gasteiger partial charge in [0.15, 0.2) is 0 Å². The maximum Gasteiger partial charge on any atom is 0.261 e. The minimum Gasteiger partial charge on any atom is -0.322 e. The van der Waals surface area contributed by atoms with Crippen LogP contribution in [0.3, 0.4) is 0 Å². The zero-order valence-corrected chi connectivity index (χ0v) is 16.9. The van der Waals surface area contributed by atoms with Gasteiger partial charge in [-0.1, -0.05) is 18.1 Å². The van der Waals surface area contributed by atoms with Crippen molar-refractivity contribution < 1.29 is 13.2 Å². The van der Waals surface area contributed by atoms with Crippen molar-refractivity contribution in [2.45, 2.75) is 18.7 Å². The Morgan fingerprint density at radius 1 is 0.897 bits per heavy atom. The molecule has 0 spiro atoms. The molecule has 1 amide bonds.